The Morgan fingerprint density at radius 2 is 2.00 bits per heavy atom. The van der Waals surface area contributed by atoms with Crippen LogP contribution in [0.2, 0.25) is 0 Å². The zero-order valence-electron chi connectivity index (χ0n) is 17.4. The summed E-state index contributed by atoms with van der Waals surface area (Å²) in [5.74, 6) is 1.54. The molecule has 154 valence electrons. The zero-order valence-corrected chi connectivity index (χ0v) is 18.2. The predicted molar refractivity (Wildman–Crippen MR) is 122 cm³/mol. The van der Waals surface area contributed by atoms with Gasteiger partial charge in [-0.2, -0.15) is 0 Å². The summed E-state index contributed by atoms with van der Waals surface area (Å²) >= 11 is 5.54. The van der Waals surface area contributed by atoms with Gasteiger partial charge in [-0.1, -0.05) is 18.7 Å². The summed E-state index contributed by atoms with van der Waals surface area (Å²) in [6, 6.07) is 12.6. The SMILES string of the molecule is C=CC[NH+]1CCc2cc(OC)c(OC)cc2[C@H]1CNC(=S)Nc1cccc(C)c1. The van der Waals surface area contributed by atoms with Gasteiger partial charge < -0.3 is 25.0 Å². The molecular weight excluding hydrogens is 382 g/mol. The van der Waals surface area contributed by atoms with Crippen LogP contribution in [0.3, 0.4) is 0 Å². The van der Waals surface area contributed by atoms with Gasteiger partial charge in [-0.25, -0.2) is 0 Å². The van der Waals surface area contributed by atoms with Crippen LogP contribution < -0.4 is 25.0 Å². The molecular formula is C23H30N3O2S+. The molecule has 1 unspecified atom stereocenters. The molecule has 0 fully saturated rings. The quantitative estimate of drug-likeness (QED) is 0.482. The van der Waals surface area contributed by atoms with Crippen molar-refractivity contribution in [2.24, 2.45) is 0 Å². The van der Waals surface area contributed by atoms with E-state index in [1.807, 2.05) is 18.2 Å². The van der Waals surface area contributed by atoms with Crippen LogP contribution in [0, 0.1) is 6.92 Å². The first-order valence-corrected chi connectivity index (χ1v) is 10.3. The minimum Gasteiger partial charge on any atom is -0.493 e. The van der Waals surface area contributed by atoms with Crippen LogP contribution in [0.5, 0.6) is 11.5 Å². The number of ether oxygens (including phenoxy) is 2. The van der Waals surface area contributed by atoms with Crippen molar-refractivity contribution >= 4 is 23.0 Å². The summed E-state index contributed by atoms with van der Waals surface area (Å²) in [7, 11) is 3.35. The number of fused-ring (bicyclic) bond motifs is 1. The fourth-order valence-electron chi connectivity index (χ4n) is 3.94. The Kier molecular flexibility index (Phi) is 7.12. The maximum Gasteiger partial charge on any atom is 0.171 e. The zero-order chi connectivity index (χ0) is 20.8. The third kappa shape index (κ3) is 5.08. The molecule has 6 heteroatoms. The second-order valence-corrected chi connectivity index (χ2v) is 7.72. The number of anilines is 1. The van der Waals surface area contributed by atoms with E-state index in [9.17, 15) is 0 Å². The summed E-state index contributed by atoms with van der Waals surface area (Å²) in [6.45, 7) is 8.68. The van der Waals surface area contributed by atoms with E-state index in [0.717, 1.165) is 43.2 Å². The lowest BCUT2D eigenvalue weighted by Gasteiger charge is -2.34. The van der Waals surface area contributed by atoms with Crippen molar-refractivity contribution in [3.05, 3.63) is 65.7 Å². The van der Waals surface area contributed by atoms with E-state index in [4.69, 9.17) is 21.7 Å². The first kappa shape index (κ1) is 21.1. The van der Waals surface area contributed by atoms with E-state index in [1.54, 1.807) is 14.2 Å². The molecule has 0 aromatic heterocycles. The van der Waals surface area contributed by atoms with Gasteiger partial charge in [0.2, 0.25) is 0 Å². The van der Waals surface area contributed by atoms with Crippen molar-refractivity contribution in [2.45, 2.75) is 19.4 Å². The fourth-order valence-corrected chi connectivity index (χ4v) is 4.15. The van der Waals surface area contributed by atoms with Gasteiger partial charge in [0, 0.05) is 17.7 Å². The van der Waals surface area contributed by atoms with Crippen molar-refractivity contribution in [1.29, 1.82) is 0 Å². The molecule has 0 radical (unpaired) electrons. The van der Waals surface area contributed by atoms with E-state index >= 15 is 0 Å². The first-order chi connectivity index (χ1) is 14.0. The van der Waals surface area contributed by atoms with Gasteiger partial charge in [-0.05, 0) is 60.6 Å². The average molecular weight is 413 g/mol. The van der Waals surface area contributed by atoms with E-state index in [0.29, 0.717) is 5.11 Å². The Labute approximate surface area is 178 Å². The highest BCUT2D eigenvalue weighted by atomic mass is 32.1. The lowest BCUT2D eigenvalue weighted by atomic mass is 9.91. The number of hydrogen-bond donors (Lipinski definition) is 3. The van der Waals surface area contributed by atoms with E-state index in [1.165, 1.54) is 21.6 Å². The number of hydrogen-bond acceptors (Lipinski definition) is 3. The molecule has 0 aliphatic carbocycles. The van der Waals surface area contributed by atoms with Gasteiger partial charge in [-0.15, -0.1) is 0 Å². The summed E-state index contributed by atoms with van der Waals surface area (Å²) in [6.07, 6.45) is 2.98. The van der Waals surface area contributed by atoms with Crippen LogP contribution in [0.25, 0.3) is 0 Å². The van der Waals surface area contributed by atoms with E-state index in [-0.39, 0.29) is 6.04 Å². The molecule has 3 rings (SSSR count). The van der Waals surface area contributed by atoms with Crippen molar-refractivity contribution in [3.63, 3.8) is 0 Å². The van der Waals surface area contributed by atoms with Crippen LogP contribution in [0.4, 0.5) is 5.69 Å². The Bertz CT molecular complexity index is 884. The molecule has 1 heterocycles. The molecule has 0 spiro atoms. The lowest BCUT2D eigenvalue weighted by Crippen LogP contribution is -3.13. The van der Waals surface area contributed by atoms with Crippen molar-refractivity contribution < 1.29 is 14.4 Å². The smallest absolute Gasteiger partial charge is 0.171 e. The Morgan fingerprint density at radius 3 is 2.69 bits per heavy atom. The first-order valence-electron chi connectivity index (χ1n) is 9.87. The van der Waals surface area contributed by atoms with Crippen LogP contribution in [0.15, 0.2) is 49.1 Å². The number of aryl methyl sites for hydroxylation is 1. The van der Waals surface area contributed by atoms with Gasteiger partial charge in [0.05, 0.1) is 33.9 Å². The highest BCUT2D eigenvalue weighted by Crippen LogP contribution is 2.34. The molecule has 2 aromatic rings. The summed E-state index contributed by atoms with van der Waals surface area (Å²) < 4.78 is 11.0. The summed E-state index contributed by atoms with van der Waals surface area (Å²) in [5, 5.41) is 7.32. The van der Waals surface area contributed by atoms with Crippen LogP contribution in [-0.4, -0.2) is 39.0 Å². The van der Waals surface area contributed by atoms with E-state index in [2.05, 4.69) is 48.4 Å². The molecule has 5 nitrogen and oxygen atoms in total. The van der Waals surface area contributed by atoms with Crippen LogP contribution in [-0.2, 0) is 6.42 Å². The third-order valence-corrected chi connectivity index (χ3v) is 5.62. The van der Waals surface area contributed by atoms with Crippen LogP contribution >= 0.6 is 12.2 Å². The molecule has 0 saturated carbocycles. The molecule has 2 aromatic carbocycles. The number of rotatable bonds is 7. The summed E-state index contributed by atoms with van der Waals surface area (Å²) in [5.41, 5.74) is 4.77. The second-order valence-electron chi connectivity index (χ2n) is 7.31. The monoisotopic (exact) mass is 412 g/mol. The van der Waals surface area contributed by atoms with Gasteiger partial charge in [-0.3, -0.25) is 0 Å². The number of methoxy groups -OCH3 is 2. The normalized spacial score (nSPS) is 17.8. The Hall–Kier alpha value is -2.57. The molecule has 3 N–H and O–H groups in total. The van der Waals surface area contributed by atoms with Gasteiger partial charge >= 0.3 is 0 Å². The number of thiocarbonyl (C=S) groups is 1. The highest BCUT2D eigenvalue weighted by molar-refractivity contribution is 7.80. The number of benzene rings is 2. The highest BCUT2D eigenvalue weighted by Gasteiger charge is 2.31. The predicted octanol–water partition coefficient (Wildman–Crippen LogP) is 2.67. The van der Waals surface area contributed by atoms with Crippen LogP contribution in [0.1, 0.15) is 22.7 Å². The largest absolute Gasteiger partial charge is 0.493 e. The number of quaternary nitrogens is 1. The summed E-state index contributed by atoms with van der Waals surface area (Å²) in [4.78, 5) is 1.46. The second kappa shape index (κ2) is 9.76. The number of nitrogens with one attached hydrogen (secondary N) is 3. The maximum absolute atomic E-state index is 5.55. The molecule has 29 heavy (non-hydrogen) atoms. The van der Waals surface area contributed by atoms with Gasteiger partial charge in [0.1, 0.15) is 6.04 Å². The fraction of sp³-hybridized carbons (Fsp3) is 0.348. The Balaban J connectivity index is 1.78. The van der Waals surface area contributed by atoms with Crippen molar-refractivity contribution in [1.82, 2.24) is 5.32 Å². The topological polar surface area (TPSA) is 47.0 Å². The molecule has 2 atom stereocenters. The van der Waals surface area contributed by atoms with Gasteiger partial charge in [0.15, 0.2) is 16.6 Å². The van der Waals surface area contributed by atoms with Crippen molar-refractivity contribution in [2.75, 3.05) is 39.2 Å². The minimum absolute atomic E-state index is 0.244. The van der Waals surface area contributed by atoms with E-state index < -0.39 is 0 Å². The molecule has 0 bridgehead atoms. The molecule has 0 amide bonds. The lowest BCUT2D eigenvalue weighted by molar-refractivity contribution is -0.927. The molecule has 1 aliphatic rings. The van der Waals surface area contributed by atoms with Crippen molar-refractivity contribution in [3.8, 4) is 11.5 Å². The molecule has 1 aliphatic heterocycles. The Morgan fingerprint density at radius 1 is 1.24 bits per heavy atom. The minimum atomic E-state index is 0.244. The average Bonchev–Trinajstić information content (AvgIpc) is 2.72. The third-order valence-electron chi connectivity index (χ3n) is 5.38. The van der Waals surface area contributed by atoms with Gasteiger partial charge in [0.25, 0.3) is 0 Å². The standard InChI is InChI=1S/C23H29N3O2S/c1-5-10-26-11-9-17-13-21(27-3)22(28-4)14-19(17)20(26)15-24-23(29)25-18-8-6-7-16(2)12-18/h5-8,12-14,20H,1,9-11,15H2,2-4H3,(H2,24,25,29)/p+1/t20-/m1/s1. The molecule has 0 saturated heterocycles. The maximum atomic E-state index is 5.55.